The van der Waals surface area contributed by atoms with Crippen LogP contribution < -0.4 is 10.6 Å². The van der Waals surface area contributed by atoms with Crippen LogP contribution in [-0.4, -0.2) is 28.9 Å². The lowest BCUT2D eigenvalue weighted by atomic mass is 10.1. The van der Waals surface area contributed by atoms with Crippen molar-refractivity contribution in [1.82, 2.24) is 10.3 Å². The second-order valence-corrected chi connectivity index (χ2v) is 4.81. The molecular weight excluding hydrogens is 303 g/mol. The number of rotatable bonds is 6. The van der Waals surface area contributed by atoms with Gasteiger partial charge in [0.25, 0.3) is 11.6 Å². The predicted molar refractivity (Wildman–Crippen MR) is 82.9 cm³/mol. The van der Waals surface area contributed by atoms with Crippen LogP contribution in [0.2, 0.25) is 0 Å². The number of halogens is 1. The van der Waals surface area contributed by atoms with Gasteiger partial charge in [0, 0.05) is 24.7 Å². The summed E-state index contributed by atoms with van der Waals surface area (Å²) in [6, 6.07) is 7.11. The minimum atomic E-state index is -0.530. The van der Waals surface area contributed by atoms with Crippen molar-refractivity contribution >= 4 is 17.4 Å². The van der Waals surface area contributed by atoms with Crippen LogP contribution in [-0.2, 0) is 0 Å². The van der Waals surface area contributed by atoms with E-state index in [2.05, 4.69) is 15.6 Å². The molecule has 0 atom stereocenters. The number of nitrogens with one attached hydrogen (secondary N) is 2. The van der Waals surface area contributed by atoms with Crippen molar-refractivity contribution in [3.8, 4) is 0 Å². The quantitative estimate of drug-likeness (QED) is 0.484. The van der Waals surface area contributed by atoms with E-state index in [4.69, 9.17) is 0 Å². The summed E-state index contributed by atoms with van der Waals surface area (Å²) in [5.41, 5.74) is 0.638. The normalized spacial score (nSPS) is 10.2. The van der Waals surface area contributed by atoms with Crippen LogP contribution in [0.1, 0.15) is 15.9 Å². The number of hydrogen-bond acceptors (Lipinski definition) is 5. The predicted octanol–water partition coefficient (Wildman–Crippen LogP) is 2.28. The second kappa shape index (κ2) is 7.30. The first kappa shape index (κ1) is 16.3. The molecule has 1 heterocycles. The average molecular weight is 318 g/mol. The number of benzene rings is 1. The molecule has 0 radical (unpaired) electrons. The zero-order valence-electron chi connectivity index (χ0n) is 12.4. The molecule has 0 aliphatic rings. The smallest absolute Gasteiger partial charge is 0.287 e. The number of aromatic nitrogens is 1. The summed E-state index contributed by atoms with van der Waals surface area (Å²) >= 11 is 0. The van der Waals surface area contributed by atoms with Gasteiger partial charge in [0.1, 0.15) is 17.8 Å². The number of carbonyl (C=O) groups excluding carboxylic acids is 1. The molecule has 7 nitrogen and oxygen atoms in total. The Balaban J connectivity index is 1.79. The Bertz CT molecular complexity index is 719. The third-order valence-electron chi connectivity index (χ3n) is 3.11. The maximum atomic E-state index is 13.4. The zero-order valence-corrected chi connectivity index (χ0v) is 12.4. The maximum Gasteiger partial charge on any atom is 0.287 e. The van der Waals surface area contributed by atoms with Crippen molar-refractivity contribution in [3.05, 3.63) is 63.6 Å². The standard InChI is InChI=1S/C15H15FN4O3/c1-10-2-3-11(8-13(10)16)15(21)18-7-6-17-14-5-4-12(9-19-14)20(22)23/h2-5,8-9H,6-7H2,1H3,(H,17,19)(H,18,21). The van der Waals surface area contributed by atoms with Gasteiger partial charge < -0.3 is 10.6 Å². The number of hydrogen-bond donors (Lipinski definition) is 2. The van der Waals surface area contributed by atoms with E-state index in [0.29, 0.717) is 24.5 Å². The fourth-order valence-corrected chi connectivity index (χ4v) is 1.80. The van der Waals surface area contributed by atoms with Crippen molar-refractivity contribution in [1.29, 1.82) is 0 Å². The highest BCUT2D eigenvalue weighted by Gasteiger charge is 2.08. The molecule has 0 saturated heterocycles. The van der Waals surface area contributed by atoms with E-state index < -0.39 is 10.7 Å². The molecule has 0 unspecified atom stereocenters. The molecule has 0 fully saturated rings. The average Bonchev–Trinajstić information content (AvgIpc) is 2.54. The van der Waals surface area contributed by atoms with E-state index in [1.165, 1.54) is 18.2 Å². The molecule has 0 aliphatic heterocycles. The molecular formula is C15H15FN4O3. The van der Waals surface area contributed by atoms with E-state index >= 15 is 0 Å². The summed E-state index contributed by atoms with van der Waals surface area (Å²) in [4.78, 5) is 25.7. The minimum absolute atomic E-state index is 0.0924. The molecule has 1 aromatic heterocycles. The summed E-state index contributed by atoms with van der Waals surface area (Å²) < 4.78 is 13.4. The van der Waals surface area contributed by atoms with E-state index in [0.717, 1.165) is 6.20 Å². The van der Waals surface area contributed by atoms with E-state index in [1.54, 1.807) is 19.1 Å². The highest BCUT2D eigenvalue weighted by Crippen LogP contribution is 2.11. The molecule has 8 heteroatoms. The largest absolute Gasteiger partial charge is 0.368 e. The van der Waals surface area contributed by atoms with Crippen molar-refractivity contribution in [2.45, 2.75) is 6.92 Å². The Kier molecular flexibility index (Phi) is 5.19. The van der Waals surface area contributed by atoms with Crippen molar-refractivity contribution in [2.75, 3.05) is 18.4 Å². The fraction of sp³-hybridized carbons (Fsp3) is 0.200. The van der Waals surface area contributed by atoms with Crippen LogP contribution in [0.4, 0.5) is 15.9 Å². The highest BCUT2D eigenvalue weighted by atomic mass is 19.1. The topological polar surface area (TPSA) is 97.2 Å². The Morgan fingerprint density at radius 2 is 2.09 bits per heavy atom. The van der Waals surface area contributed by atoms with E-state index in [1.807, 2.05) is 0 Å². The van der Waals surface area contributed by atoms with Crippen molar-refractivity contribution < 1.29 is 14.1 Å². The van der Waals surface area contributed by atoms with Gasteiger partial charge in [0.2, 0.25) is 0 Å². The summed E-state index contributed by atoms with van der Waals surface area (Å²) in [5, 5.41) is 16.1. The second-order valence-electron chi connectivity index (χ2n) is 4.81. The lowest BCUT2D eigenvalue weighted by molar-refractivity contribution is -0.385. The third kappa shape index (κ3) is 4.47. The lowest BCUT2D eigenvalue weighted by Crippen LogP contribution is -2.29. The van der Waals surface area contributed by atoms with Crippen LogP contribution in [0.25, 0.3) is 0 Å². The Morgan fingerprint density at radius 1 is 1.30 bits per heavy atom. The number of nitro groups is 1. The number of amides is 1. The van der Waals surface area contributed by atoms with Gasteiger partial charge in [-0.1, -0.05) is 6.07 Å². The zero-order chi connectivity index (χ0) is 16.8. The molecule has 0 bridgehead atoms. The number of nitrogens with zero attached hydrogens (tertiary/aromatic N) is 2. The first-order chi connectivity index (χ1) is 11.0. The third-order valence-corrected chi connectivity index (χ3v) is 3.11. The molecule has 23 heavy (non-hydrogen) atoms. The highest BCUT2D eigenvalue weighted by molar-refractivity contribution is 5.94. The van der Waals surface area contributed by atoms with Crippen LogP contribution in [0, 0.1) is 22.9 Å². The van der Waals surface area contributed by atoms with Crippen LogP contribution in [0.3, 0.4) is 0 Å². The molecule has 120 valence electrons. The molecule has 0 saturated carbocycles. The summed E-state index contributed by atoms with van der Waals surface area (Å²) in [5.74, 6) is -0.334. The minimum Gasteiger partial charge on any atom is -0.368 e. The van der Waals surface area contributed by atoms with Gasteiger partial charge >= 0.3 is 0 Å². The number of carbonyl (C=O) groups is 1. The first-order valence-corrected chi connectivity index (χ1v) is 6.86. The molecule has 0 spiro atoms. The summed E-state index contributed by atoms with van der Waals surface area (Å²) in [6.45, 7) is 2.30. The van der Waals surface area contributed by atoms with Gasteiger partial charge in [0.05, 0.1) is 4.92 Å². The van der Waals surface area contributed by atoms with Crippen LogP contribution in [0.15, 0.2) is 36.5 Å². The number of aryl methyl sites for hydroxylation is 1. The van der Waals surface area contributed by atoms with Crippen molar-refractivity contribution in [3.63, 3.8) is 0 Å². The van der Waals surface area contributed by atoms with Gasteiger partial charge in [-0.3, -0.25) is 14.9 Å². The van der Waals surface area contributed by atoms with Crippen LogP contribution in [0.5, 0.6) is 0 Å². The molecule has 1 aromatic carbocycles. The van der Waals surface area contributed by atoms with Gasteiger partial charge in [-0.2, -0.15) is 0 Å². The molecule has 1 amide bonds. The van der Waals surface area contributed by atoms with E-state index in [-0.39, 0.29) is 17.2 Å². The Labute approximate surface area is 131 Å². The van der Waals surface area contributed by atoms with Crippen LogP contribution >= 0.6 is 0 Å². The monoisotopic (exact) mass is 318 g/mol. The number of anilines is 1. The Hall–Kier alpha value is -3.03. The van der Waals surface area contributed by atoms with Gasteiger partial charge in [0.15, 0.2) is 0 Å². The number of pyridine rings is 1. The van der Waals surface area contributed by atoms with Crippen molar-refractivity contribution in [2.24, 2.45) is 0 Å². The maximum absolute atomic E-state index is 13.4. The fourth-order valence-electron chi connectivity index (χ4n) is 1.80. The van der Waals surface area contributed by atoms with Gasteiger partial charge in [-0.25, -0.2) is 9.37 Å². The van der Waals surface area contributed by atoms with E-state index in [9.17, 15) is 19.3 Å². The van der Waals surface area contributed by atoms with Gasteiger partial charge in [-0.05, 0) is 30.7 Å². The molecule has 0 aliphatic carbocycles. The molecule has 2 aromatic rings. The lowest BCUT2D eigenvalue weighted by Gasteiger charge is -2.08. The first-order valence-electron chi connectivity index (χ1n) is 6.86. The SMILES string of the molecule is Cc1ccc(C(=O)NCCNc2ccc([N+](=O)[O-])cn2)cc1F. The van der Waals surface area contributed by atoms with Gasteiger partial charge in [-0.15, -0.1) is 0 Å². The summed E-state index contributed by atoms with van der Waals surface area (Å²) in [6.07, 6.45) is 1.15. The summed E-state index contributed by atoms with van der Waals surface area (Å²) in [7, 11) is 0. The Morgan fingerprint density at radius 3 is 2.70 bits per heavy atom. The molecule has 2 N–H and O–H groups in total. The molecule has 2 rings (SSSR count).